The van der Waals surface area contributed by atoms with Crippen molar-refractivity contribution in [1.29, 1.82) is 0 Å². The van der Waals surface area contributed by atoms with Crippen LogP contribution in [0.4, 0.5) is 0 Å². The molecule has 0 aliphatic heterocycles. The first-order chi connectivity index (χ1) is 9.52. The molecule has 0 aromatic heterocycles. The minimum atomic E-state index is -0.0701. The Hall–Kier alpha value is -0.250. The van der Waals surface area contributed by atoms with Gasteiger partial charge >= 0.3 is 0 Å². The number of hydrogen-bond donors (Lipinski definition) is 1. The van der Waals surface area contributed by atoms with E-state index in [1.165, 1.54) is 0 Å². The van der Waals surface area contributed by atoms with Crippen molar-refractivity contribution < 1.29 is 0 Å². The molecule has 2 rings (SSSR count). The van der Waals surface area contributed by atoms with E-state index < -0.39 is 0 Å². The minimum Gasteiger partial charge on any atom is -0.306 e. The topological polar surface area (TPSA) is 12.0 Å². The first kappa shape index (κ1) is 16.1. The van der Waals surface area contributed by atoms with Crippen LogP contribution < -0.4 is 5.32 Å². The van der Waals surface area contributed by atoms with Crippen molar-refractivity contribution in [3.8, 4) is 0 Å². The molecule has 0 amide bonds. The van der Waals surface area contributed by atoms with Crippen LogP contribution in [0.5, 0.6) is 0 Å². The number of hydrogen-bond acceptors (Lipinski definition) is 1. The van der Waals surface area contributed by atoms with E-state index in [0.29, 0.717) is 15.1 Å². The molecule has 0 aliphatic rings. The quantitative estimate of drug-likeness (QED) is 0.661. The zero-order chi connectivity index (χ0) is 14.7. The van der Waals surface area contributed by atoms with Crippen LogP contribution in [0.15, 0.2) is 40.9 Å². The summed E-state index contributed by atoms with van der Waals surface area (Å²) in [5, 5.41) is 5.44. The van der Waals surface area contributed by atoms with Crippen molar-refractivity contribution in [3.05, 3.63) is 67.1 Å². The predicted molar refractivity (Wildman–Crippen MR) is 91.1 cm³/mol. The van der Waals surface area contributed by atoms with Crippen molar-refractivity contribution in [2.24, 2.45) is 0 Å². The predicted octanol–water partition coefficient (Wildman–Crippen LogP) is 6.11. The number of rotatable bonds is 4. The number of nitrogens with one attached hydrogen (secondary N) is 1. The van der Waals surface area contributed by atoms with Gasteiger partial charge in [-0.25, -0.2) is 0 Å². The molecule has 0 fully saturated rings. The molecule has 106 valence electrons. The lowest BCUT2D eigenvalue weighted by atomic mass is 9.98. The van der Waals surface area contributed by atoms with E-state index in [1.807, 2.05) is 37.3 Å². The highest BCUT2D eigenvalue weighted by atomic mass is 79.9. The average molecular weight is 394 g/mol. The zero-order valence-electron chi connectivity index (χ0n) is 10.8. The lowest BCUT2D eigenvalue weighted by molar-refractivity contribution is 0.629. The Kier molecular flexibility index (Phi) is 5.76. The Labute approximate surface area is 142 Å². The molecule has 0 aliphatic carbocycles. The fourth-order valence-corrected chi connectivity index (χ4v) is 3.13. The monoisotopic (exact) mass is 391 g/mol. The van der Waals surface area contributed by atoms with Crippen molar-refractivity contribution in [2.75, 3.05) is 6.54 Å². The first-order valence-corrected chi connectivity index (χ1v) is 8.09. The second kappa shape index (κ2) is 7.15. The summed E-state index contributed by atoms with van der Waals surface area (Å²) >= 11 is 22.1. The molecule has 1 unspecified atom stereocenters. The molecule has 0 heterocycles. The maximum absolute atomic E-state index is 6.32. The molecular weight excluding hydrogens is 380 g/mol. The van der Waals surface area contributed by atoms with Gasteiger partial charge in [-0.1, -0.05) is 57.7 Å². The van der Waals surface area contributed by atoms with Crippen LogP contribution in [-0.2, 0) is 0 Å². The van der Waals surface area contributed by atoms with Gasteiger partial charge < -0.3 is 5.32 Å². The summed E-state index contributed by atoms with van der Waals surface area (Å²) in [5.74, 6) is 0. The molecule has 1 atom stereocenters. The second-order valence-electron chi connectivity index (χ2n) is 4.32. The Morgan fingerprint density at radius 1 is 1.00 bits per heavy atom. The van der Waals surface area contributed by atoms with Gasteiger partial charge in [0.15, 0.2) is 0 Å². The summed E-state index contributed by atoms with van der Waals surface area (Å²) in [6.07, 6.45) is 0. The van der Waals surface area contributed by atoms with E-state index in [-0.39, 0.29) is 6.04 Å². The third kappa shape index (κ3) is 3.69. The summed E-state index contributed by atoms with van der Waals surface area (Å²) in [6, 6.07) is 11.1. The number of benzene rings is 2. The van der Waals surface area contributed by atoms with Crippen molar-refractivity contribution >= 4 is 50.7 Å². The van der Waals surface area contributed by atoms with Crippen molar-refractivity contribution in [1.82, 2.24) is 5.32 Å². The lowest BCUT2D eigenvalue weighted by Gasteiger charge is -2.22. The Morgan fingerprint density at radius 2 is 1.60 bits per heavy atom. The van der Waals surface area contributed by atoms with Gasteiger partial charge in [0, 0.05) is 19.5 Å². The molecule has 2 aromatic rings. The Morgan fingerprint density at radius 3 is 2.25 bits per heavy atom. The van der Waals surface area contributed by atoms with Crippen LogP contribution in [-0.4, -0.2) is 6.54 Å². The van der Waals surface area contributed by atoms with E-state index in [4.69, 9.17) is 34.8 Å². The SMILES string of the molecule is CCNC(c1cc(Cl)ccc1Cl)c1cc(Cl)ccc1Br. The van der Waals surface area contributed by atoms with E-state index in [1.54, 1.807) is 6.07 Å². The normalized spacial score (nSPS) is 12.4. The van der Waals surface area contributed by atoms with Crippen LogP contribution in [0.2, 0.25) is 15.1 Å². The summed E-state index contributed by atoms with van der Waals surface area (Å²) in [4.78, 5) is 0. The standard InChI is InChI=1S/C15H13BrCl3N/c1-2-20-15(11-7-9(17)3-5-13(11)16)12-8-10(18)4-6-14(12)19/h3-8,15,20H,2H2,1H3. The first-order valence-electron chi connectivity index (χ1n) is 6.16. The van der Waals surface area contributed by atoms with E-state index >= 15 is 0 Å². The van der Waals surface area contributed by atoms with E-state index in [9.17, 15) is 0 Å². The van der Waals surface area contributed by atoms with Crippen molar-refractivity contribution in [2.45, 2.75) is 13.0 Å². The summed E-state index contributed by atoms with van der Waals surface area (Å²) in [7, 11) is 0. The molecule has 0 saturated carbocycles. The third-order valence-corrected chi connectivity index (χ3v) is 4.48. The molecular formula is C15H13BrCl3N. The Bertz CT molecular complexity index is 565. The van der Waals surface area contributed by atoms with E-state index in [2.05, 4.69) is 21.2 Å². The molecule has 2 aromatic carbocycles. The summed E-state index contributed by atoms with van der Waals surface area (Å²) in [5.41, 5.74) is 1.97. The highest BCUT2D eigenvalue weighted by molar-refractivity contribution is 9.10. The van der Waals surface area contributed by atoms with Crippen LogP contribution in [0.1, 0.15) is 24.1 Å². The summed E-state index contributed by atoms with van der Waals surface area (Å²) in [6.45, 7) is 2.84. The molecule has 1 nitrogen and oxygen atoms in total. The molecule has 5 heteroatoms. The number of halogens is 4. The highest BCUT2D eigenvalue weighted by Crippen LogP contribution is 2.35. The Balaban J connectivity index is 2.55. The van der Waals surface area contributed by atoms with Crippen molar-refractivity contribution in [3.63, 3.8) is 0 Å². The molecule has 0 spiro atoms. The maximum Gasteiger partial charge on any atom is 0.0603 e. The third-order valence-electron chi connectivity index (χ3n) is 2.95. The zero-order valence-corrected chi connectivity index (χ0v) is 14.6. The fourth-order valence-electron chi connectivity index (χ4n) is 2.06. The second-order valence-corrected chi connectivity index (χ2v) is 6.46. The van der Waals surface area contributed by atoms with Gasteiger partial charge in [0.2, 0.25) is 0 Å². The van der Waals surface area contributed by atoms with Gasteiger partial charge in [0.05, 0.1) is 6.04 Å². The smallest absolute Gasteiger partial charge is 0.0603 e. The van der Waals surface area contributed by atoms with Crippen LogP contribution >= 0.6 is 50.7 Å². The summed E-state index contributed by atoms with van der Waals surface area (Å²) < 4.78 is 0.976. The molecule has 0 bridgehead atoms. The largest absolute Gasteiger partial charge is 0.306 e. The molecule has 0 radical (unpaired) electrons. The van der Waals surface area contributed by atoms with Crippen LogP contribution in [0.25, 0.3) is 0 Å². The van der Waals surface area contributed by atoms with Gasteiger partial charge in [0.1, 0.15) is 0 Å². The van der Waals surface area contributed by atoms with Gasteiger partial charge in [-0.05, 0) is 54.1 Å². The fraction of sp³-hybridized carbons (Fsp3) is 0.200. The molecule has 20 heavy (non-hydrogen) atoms. The average Bonchev–Trinajstić information content (AvgIpc) is 2.42. The molecule has 1 N–H and O–H groups in total. The van der Waals surface area contributed by atoms with Crippen LogP contribution in [0.3, 0.4) is 0 Å². The highest BCUT2D eigenvalue weighted by Gasteiger charge is 2.19. The van der Waals surface area contributed by atoms with Gasteiger partial charge in [-0.2, -0.15) is 0 Å². The minimum absolute atomic E-state index is 0.0701. The van der Waals surface area contributed by atoms with Crippen LogP contribution in [0, 0.1) is 0 Å². The van der Waals surface area contributed by atoms with Gasteiger partial charge in [-0.15, -0.1) is 0 Å². The van der Waals surface area contributed by atoms with Gasteiger partial charge in [0.25, 0.3) is 0 Å². The lowest BCUT2D eigenvalue weighted by Crippen LogP contribution is -2.22. The van der Waals surface area contributed by atoms with E-state index in [0.717, 1.165) is 22.1 Å². The van der Waals surface area contributed by atoms with Gasteiger partial charge in [-0.3, -0.25) is 0 Å². The molecule has 0 saturated heterocycles. The maximum atomic E-state index is 6.32.